The summed E-state index contributed by atoms with van der Waals surface area (Å²) in [5.74, 6) is 0.421. The number of Topliss-reactive ketones (excluding diaryl/α,β-unsaturated/α-hetero) is 1. The molecule has 0 aliphatic heterocycles. The van der Waals surface area contributed by atoms with Crippen LogP contribution in [0.2, 0.25) is 0 Å². The molecule has 3 aromatic rings. The number of hydrogen-bond donors (Lipinski definition) is 0. The molecular formula is C23H22O4S. The molecule has 5 heteroatoms. The third-order valence-corrected chi connectivity index (χ3v) is 6.80. The van der Waals surface area contributed by atoms with Crippen LogP contribution in [0.1, 0.15) is 33.2 Å². The zero-order valence-electron chi connectivity index (χ0n) is 15.8. The second kappa shape index (κ2) is 8.40. The van der Waals surface area contributed by atoms with Crippen molar-refractivity contribution in [2.24, 2.45) is 0 Å². The molecule has 144 valence electrons. The van der Waals surface area contributed by atoms with Gasteiger partial charge in [-0.1, -0.05) is 60.2 Å². The molecule has 0 fully saturated rings. The van der Waals surface area contributed by atoms with Gasteiger partial charge in [0.25, 0.3) is 0 Å². The zero-order chi connectivity index (χ0) is 20.1. The molecule has 3 rings (SSSR count). The van der Waals surface area contributed by atoms with Crippen molar-refractivity contribution >= 4 is 15.6 Å². The van der Waals surface area contributed by atoms with Gasteiger partial charge in [-0.3, -0.25) is 4.79 Å². The molecule has 0 N–H and O–H groups in total. The van der Waals surface area contributed by atoms with Crippen LogP contribution in [-0.4, -0.2) is 21.3 Å². The topological polar surface area (TPSA) is 60.4 Å². The fraction of sp³-hybridized carbons (Fsp3) is 0.174. The zero-order valence-corrected chi connectivity index (χ0v) is 16.6. The number of carbonyl (C=O) groups excluding carboxylic acids is 1. The number of carbonyl (C=O) groups is 1. The average Bonchev–Trinajstić information content (AvgIpc) is 2.73. The Balaban J connectivity index is 2.01. The van der Waals surface area contributed by atoms with E-state index in [4.69, 9.17) is 4.74 Å². The summed E-state index contributed by atoms with van der Waals surface area (Å²) in [6, 6.07) is 22.2. The summed E-state index contributed by atoms with van der Waals surface area (Å²) in [6.45, 7) is 1.94. The first kappa shape index (κ1) is 19.8. The van der Waals surface area contributed by atoms with E-state index >= 15 is 0 Å². The number of rotatable bonds is 7. The maximum absolute atomic E-state index is 13.3. The maximum atomic E-state index is 13.3. The normalized spacial score (nSPS) is 12.4. The van der Waals surface area contributed by atoms with Gasteiger partial charge in [0.1, 0.15) is 5.75 Å². The van der Waals surface area contributed by atoms with Crippen LogP contribution in [0.5, 0.6) is 5.75 Å². The molecule has 0 aromatic heterocycles. The highest BCUT2D eigenvalue weighted by Crippen LogP contribution is 2.33. The highest BCUT2D eigenvalue weighted by atomic mass is 32.2. The van der Waals surface area contributed by atoms with Gasteiger partial charge in [-0.2, -0.15) is 0 Å². The summed E-state index contributed by atoms with van der Waals surface area (Å²) in [4.78, 5) is 13.1. The summed E-state index contributed by atoms with van der Waals surface area (Å²) >= 11 is 0. The van der Waals surface area contributed by atoms with Crippen molar-refractivity contribution in [3.63, 3.8) is 0 Å². The Morgan fingerprint density at radius 2 is 1.50 bits per heavy atom. The highest BCUT2D eigenvalue weighted by molar-refractivity contribution is 7.91. The lowest BCUT2D eigenvalue weighted by Gasteiger charge is -2.18. The lowest BCUT2D eigenvalue weighted by atomic mass is 10.0. The fourth-order valence-electron chi connectivity index (χ4n) is 3.03. The minimum Gasteiger partial charge on any atom is -0.497 e. The summed E-state index contributed by atoms with van der Waals surface area (Å²) in [5.41, 5.74) is 2.11. The summed E-state index contributed by atoms with van der Waals surface area (Å²) in [6.07, 6.45) is -0.132. The van der Waals surface area contributed by atoms with Gasteiger partial charge in [-0.05, 0) is 36.8 Å². The Bertz CT molecular complexity index is 1040. The molecule has 28 heavy (non-hydrogen) atoms. The Kier molecular flexibility index (Phi) is 5.95. The van der Waals surface area contributed by atoms with Crippen molar-refractivity contribution in [3.8, 4) is 5.75 Å². The van der Waals surface area contributed by atoms with E-state index in [2.05, 4.69) is 0 Å². The van der Waals surface area contributed by atoms with E-state index in [0.29, 0.717) is 16.9 Å². The van der Waals surface area contributed by atoms with Gasteiger partial charge in [0.05, 0.1) is 17.3 Å². The second-order valence-corrected chi connectivity index (χ2v) is 8.74. The lowest BCUT2D eigenvalue weighted by Crippen LogP contribution is -2.18. The van der Waals surface area contributed by atoms with E-state index in [0.717, 1.165) is 5.56 Å². The first-order chi connectivity index (χ1) is 13.4. The van der Waals surface area contributed by atoms with Crippen molar-refractivity contribution in [1.29, 1.82) is 0 Å². The van der Waals surface area contributed by atoms with E-state index in [1.54, 1.807) is 73.8 Å². The van der Waals surface area contributed by atoms with Crippen LogP contribution >= 0.6 is 0 Å². The molecule has 0 unspecified atom stereocenters. The summed E-state index contributed by atoms with van der Waals surface area (Å²) in [5, 5.41) is -0.977. The molecule has 0 aliphatic carbocycles. The van der Waals surface area contributed by atoms with E-state index in [-0.39, 0.29) is 17.1 Å². The number of methoxy groups -OCH3 is 1. The first-order valence-electron chi connectivity index (χ1n) is 8.94. The number of ether oxygens (including phenoxy) is 1. The third kappa shape index (κ3) is 4.31. The van der Waals surface area contributed by atoms with Gasteiger partial charge < -0.3 is 4.74 Å². The fourth-order valence-corrected chi connectivity index (χ4v) is 4.78. The molecule has 4 nitrogen and oxygen atoms in total. The van der Waals surface area contributed by atoms with Gasteiger partial charge in [0.15, 0.2) is 15.6 Å². The number of ketones is 1. The monoisotopic (exact) mass is 394 g/mol. The molecule has 0 bridgehead atoms. The van der Waals surface area contributed by atoms with Gasteiger partial charge in [-0.15, -0.1) is 0 Å². The quantitative estimate of drug-likeness (QED) is 0.541. The van der Waals surface area contributed by atoms with Crippen molar-refractivity contribution in [2.45, 2.75) is 23.5 Å². The molecule has 0 saturated heterocycles. The van der Waals surface area contributed by atoms with Gasteiger partial charge in [-0.25, -0.2) is 8.42 Å². The smallest absolute Gasteiger partial charge is 0.185 e. The van der Waals surface area contributed by atoms with Gasteiger partial charge >= 0.3 is 0 Å². The molecule has 0 aliphatic rings. The first-order valence-corrected chi connectivity index (χ1v) is 10.5. The average molecular weight is 394 g/mol. The SMILES string of the molecule is COc1ccc([C@@H](CC(=O)c2ccc(C)cc2)S(=O)(=O)c2ccccc2)cc1. The van der Waals surface area contributed by atoms with Crippen LogP contribution in [0.4, 0.5) is 0 Å². The minimum atomic E-state index is -3.75. The molecular weight excluding hydrogens is 372 g/mol. The van der Waals surface area contributed by atoms with E-state index in [1.165, 1.54) is 0 Å². The Morgan fingerprint density at radius 1 is 0.893 bits per heavy atom. The van der Waals surface area contributed by atoms with Crippen molar-refractivity contribution in [1.82, 2.24) is 0 Å². The molecule has 0 saturated carbocycles. The van der Waals surface area contributed by atoms with Crippen molar-refractivity contribution in [2.75, 3.05) is 7.11 Å². The lowest BCUT2D eigenvalue weighted by molar-refractivity contribution is 0.0980. The van der Waals surface area contributed by atoms with Crippen molar-refractivity contribution < 1.29 is 17.9 Å². The largest absolute Gasteiger partial charge is 0.497 e. The van der Waals surface area contributed by atoms with E-state index < -0.39 is 15.1 Å². The summed E-state index contributed by atoms with van der Waals surface area (Å²) in [7, 11) is -2.20. The predicted octanol–water partition coefficient (Wildman–Crippen LogP) is 4.79. The molecule has 3 aromatic carbocycles. The number of hydrogen-bond acceptors (Lipinski definition) is 4. The number of aryl methyl sites for hydroxylation is 1. The van der Waals surface area contributed by atoms with Crippen LogP contribution in [0.15, 0.2) is 83.8 Å². The Hall–Kier alpha value is -2.92. The maximum Gasteiger partial charge on any atom is 0.185 e. The van der Waals surface area contributed by atoms with Crippen LogP contribution in [-0.2, 0) is 9.84 Å². The molecule has 0 amide bonds. The minimum absolute atomic E-state index is 0.132. The second-order valence-electron chi connectivity index (χ2n) is 6.61. The van der Waals surface area contributed by atoms with E-state index in [9.17, 15) is 13.2 Å². The van der Waals surface area contributed by atoms with Gasteiger partial charge in [0.2, 0.25) is 0 Å². The van der Waals surface area contributed by atoms with Crippen LogP contribution < -0.4 is 4.74 Å². The molecule has 1 atom stereocenters. The van der Waals surface area contributed by atoms with E-state index in [1.807, 2.05) is 19.1 Å². The summed E-state index contributed by atoms with van der Waals surface area (Å²) < 4.78 is 31.8. The van der Waals surface area contributed by atoms with Crippen LogP contribution in [0.3, 0.4) is 0 Å². The predicted molar refractivity (Wildman–Crippen MR) is 109 cm³/mol. The third-order valence-electron chi connectivity index (χ3n) is 4.68. The van der Waals surface area contributed by atoms with Crippen LogP contribution in [0.25, 0.3) is 0 Å². The van der Waals surface area contributed by atoms with Crippen LogP contribution in [0, 0.1) is 6.92 Å². The number of benzene rings is 3. The molecule has 0 heterocycles. The highest BCUT2D eigenvalue weighted by Gasteiger charge is 2.31. The molecule has 0 radical (unpaired) electrons. The van der Waals surface area contributed by atoms with Crippen molar-refractivity contribution in [3.05, 3.63) is 95.6 Å². The standard InChI is InChI=1S/C23H22O4S/c1-17-8-10-18(11-9-17)22(24)16-23(19-12-14-20(27-2)15-13-19)28(25,26)21-6-4-3-5-7-21/h3-15,23H,16H2,1-2H3/t23-/m1/s1. The number of sulfone groups is 1. The Labute approximate surface area is 165 Å². The van der Waals surface area contributed by atoms with Gasteiger partial charge in [0, 0.05) is 12.0 Å². The Morgan fingerprint density at radius 3 is 2.07 bits per heavy atom. The molecule has 0 spiro atoms.